The zero-order chi connectivity index (χ0) is 18.1. The van der Waals surface area contributed by atoms with Crippen molar-refractivity contribution in [3.05, 3.63) is 51.9 Å². The average Bonchev–Trinajstić information content (AvgIpc) is 3.28. The Labute approximate surface area is 155 Å². The standard InChI is InChI=1S/C20H20N2O3S/c1-13-6-8-14(9-7-13)16-11-26-19-18(16)20(24)22(12-21-19)10-17(23)25-15-4-2-3-5-15/h6-9,11-12,15H,2-5,10H2,1H3. The van der Waals surface area contributed by atoms with E-state index < -0.39 is 0 Å². The van der Waals surface area contributed by atoms with Crippen LogP contribution in [0.25, 0.3) is 21.3 Å². The third-order valence-corrected chi connectivity index (χ3v) is 5.71. The zero-order valence-corrected chi connectivity index (χ0v) is 15.4. The molecule has 1 saturated carbocycles. The lowest BCUT2D eigenvalue weighted by molar-refractivity contribution is -0.149. The minimum atomic E-state index is -0.368. The molecule has 1 aliphatic rings. The first-order valence-corrected chi connectivity index (χ1v) is 9.73. The lowest BCUT2D eigenvalue weighted by atomic mass is 10.1. The minimum Gasteiger partial charge on any atom is -0.461 e. The van der Waals surface area contributed by atoms with Crippen molar-refractivity contribution in [2.24, 2.45) is 0 Å². The number of rotatable bonds is 4. The summed E-state index contributed by atoms with van der Waals surface area (Å²) in [6.45, 7) is 1.93. The van der Waals surface area contributed by atoms with Gasteiger partial charge < -0.3 is 4.74 Å². The Balaban J connectivity index is 1.65. The summed E-state index contributed by atoms with van der Waals surface area (Å²) in [5.41, 5.74) is 2.81. The van der Waals surface area contributed by atoms with Crippen LogP contribution < -0.4 is 5.56 Å². The zero-order valence-electron chi connectivity index (χ0n) is 14.6. The molecule has 3 aromatic rings. The quantitative estimate of drug-likeness (QED) is 0.655. The summed E-state index contributed by atoms with van der Waals surface area (Å²) in [5.74, 6) is -0.368. The largest absolute Gasteiger partial charge is 0.461 e. The fraction of sp³-hybridized carbons (Fsp3) is 0.350. The molecule has 0 amide bonds. The second kappa shape index (κ2) is 7.03. The summed E-state index contributed by atoms with van der Waals surface area (Å²) in [7, 11) is 0. The molecule has 134 valence electrons. The van der Waals surface area contributed by atoms with Crippen molar-refractivity contribution < 1.29 is 9.53 Å². The molecule has 1 aliphatic carbocycles. The van der Waals surface area contributed by atoms with Gasteiger partial charge in [0.2, 0.25) is 0 Å². The SMILES string of the molecule is Cc1ccc(-c2csc3ncn(CC(=O)OC4CCCC4)c(=O)c23)cc1. The lowest BCUT2D eigenvalue weighted by Gasteiger charge is -2.12. The molecule has 1 aromatic carbocycles. The molecule has 0 bridgehead atoms. The van der Waals surface area contributed by atoms with Gasteiger partial charge >= 0.3 is 5.97 Å². The molecule has 6 heteroatoms. The van der Waals surface area contributed by atoms with E-state index >= 15 is 0 Å². The van der Waals surface area contributed by atoms with E-state index in [4.69, 9.17) is 4.74 Å². The summed E-state index contributed by atoms with van der Waals surface area (Å²) in [6, 6.07) is 8.04. The van der Waals surface area contributed by atoms with E-state index in [0.717, 1.165) is 36.8 Å². The fourth-order valence-corrected chi connectivity index (χ4v) is 4.30. The Morgan fingerprint density at radius 2 is 2.00 bits per heavy atom. The van der Waals surface area contributed by atoms with Crippen LogP contribution >= 0.6 is 11.3 Å². The molecule has 0 saturated heterocycles. The van der Waals surface area contributed by atoms with Gasteiger partial charge in [-0.2, -0.15) is 0 Å². The molecule has 4 rings (SSSR count). The number of carbonyl (C=O) groups excluding carboxylic acids is 1. The van der Waals surface area contributed by atoms with E-state index in [9.17, 15) is 9.59 Å². The predicted molar refractivity (Wildman–Crippen MR) is 102 cm³/mol. The first kappa shape index (κ1) is 17.0. The average molecular weight is 368 g/mol. The molecule has 0 aliphatic heterocycles. The number of aryl methyl sites for hydroxylation is 1. The third-order valence-electron chi connectivity index (χ3n) is 4.82. The summed E-state index contributed by atoms with van der Waals surface area (Å²) >= 11 is 1.44. The topological polar surface area (TPSA) is 61.2 Å². The molecular formula is C20H20N2O3S. The van der Waals surface area contributed by atoms with Crippen LogP contribution in [-0.2, 0) is 16.1 Å². The Hall–Kier alpha value is -2.47. The van der Waals surface area contributed by atoms with Crippen LogP contribution in [0.1, 0.15) is 31.2 Å². The lowest BCUT2D eigenvalue weighted by Crippen LogP contribution is -2.27. The maximum absolute atomic E-state index is 12.9. The van der Waals surface area contributed by atoms with Crippen molar-refractivity contribution in [3.63, 3.8) is 0 Å². The normalized spacial score (nSPS) is 14.8. The molecule has 26 heavy (non-hydrogen) atoms. The highest BCUT2D eigenvalue weighted by molar-refractivity contribution is 7.17. The molecule has 2 heterocycles. The highest BCUT2D eigenvalue weighted by Crippen LogP contribution is 2.30. The van der Waals surface area contributed by atoms with E-state index in [-0.39, 0.29) is 24.2 Å². The third kappa shape index (κ3) is 3.29. The first-order chi connectivity index (χ1) is 12.6. The summed E-state index contributed by atoms with van der Waals surface area (Å²) in [4.78, 5) is 30.2. The number of hydrogen-bond donors (Lipinski definition) is 0. The van der Waals surface area contributed by atoms with E-state index in [1.165, 1.54) is 27.8 Å². The van der Waals surface area contributed by atoms with Gasteiger partial charge in [-0.15, -0.1) is 11.3 Å². The number of benzene rings is 1. The number of fused-ring (bicyclic) bond motifs is 1. The van der Waals surface area contributed by atoms with E-state index in [2.05, 4.69) is 4.98 Å². The van der Waals surface area contributed by atoms with Crippen LogP contribution in [0.15, 0.2) is 40.8 Å². The Morgan fingerprint density at radius 1 is 1.27 bits per heavy atom. The number of ether oxygens (including phenoxy) is 1. The van der Waals surface area contributed by atoms with Crippen molar-refractivity contribution in [1.29, 1.82) is 0 Å². The Kier molecular flexibility index (Phi) is 4.59. The highest BCUT2D eigenvalue weighted by Gasteiger charge is 2.20. The number of esters is 1. The van der Waals surface area contributed by atoms with Crippen molar-refractivity contribution >= 4 is 27.5 Å². The van der Waals surface area contributed by atoms with E-state index in [1.54, 1.807) is 0 Å². The highest BCUT2D eigenvalue weighted by atomic mass is 32.1. The van der Waals surface area contributed by atoms with E-state index in [1.807, 2.05) is 36.6 Å². The fourth-order valence-electron chi connectivity index (χ4n) is 3.39. The van der Waals surface area contributed by atoms with Crippen molar-refractivity contribution in [1.82, 2.24) is 9.55 Å². The van der Waals surface area contributed by atoms with Crippen LogP contribution in [0.3, 0.4) is 0 Å². The molecule has 0 unspecified atom stereocenters. The summed E-state index contributed by atoms with van der Waals surface area (Å²) < 4.78 is 6.82. The Bertz CT molecular complexity index is 998. The van der Waals surface area contributed by atoms with Crippen molar-refractivity contribution in [2.45, 2.75) is 45.3 Å². The smallest absolute Gasteiger partial charge is 0.326 e. The van der Waals surface area contributed by atoms with Gasteiger partial charge in [-0.1, -0.05) is 29.8 Å². The van der Waals surface area contributed by atoms with E-state index in [0.29, 0.717) is 10.2 Å². The Morgan fingerprint density at radius 3 is 2.73 bits per heavy atom. The molecule has 0 radical (unpaired) electrons. The van der Waals surface area contributed by atoms with Gasteiger partial charge in [0.25, 0.3) is 5.56 Å². The van der Waals surface area contributed by atoms with Crippen molar-refractivity contribution in [2.75, 3.05) is 0 Å². The minimum absolute atomic E-state index is 0.000778. The van der Waals surface area contributed by atoms with Crippen LogP contribution in [0.2, 0.25) is 0 Å². The van der Waals surface area contributed by atoms with Gasteiger partial charge in [-0.05, 0) is 38.2 Å². The predicted octanol–water partition coefficient (Wildman–Crippen LogP) is 3.92. The number of thiophene rings is 1. The van der Waals surface area contributed by atoms with Crippen LogP contribution in [0.4, 0.5) is 0 Å². The number of hydrogen-bond acceptors (Lipinski definition) is 5. The maximum atomic E-state index is 12.9. The second-order valence-corrected chi connectivity index (χ2v) is 7.63. The monoisotopic (exact) mass is 368 g/mol. The van der Waals surface area contributed by atoms with Gasteiger partial charge in [-0.3, -0.25) is 14.2 Å². The number of carbonyl (C=O) groups is 1. The van der Waals surface area contributed by atoms with Gasteiger partial charge in [0.1, 0.15) is 17.5 Å². The van der Waals surface area contributed by atoms with Gasteiger partial charge in [-0.25, -0.2) is 4.98 Å². The van der Waals surface area contributed by atoms with Crippen LogP contribution in [0.5, 0.6) is 0 Å². The molecule has 0 N–H and O–H groups in total. The first-order valence-electron chi connectivity index (χ1n) is 8.85. The molecule has 0 spiro atoms. The van der Waals surface area contributed by atoms with Gasteiger partial charge in [0.15, 0.2) is 0 Å². The second-order valence-electron chi connectivity index (χ2n) is 6.77. The maximum Gasteiger partial charge on any atom is 0.326 e. The molecular weight excluding hydrogens is 348 g/mol. The van der Waals surface area contributed by atoms with Gasteiger partial charge in [0, 0.05) is 10.9 Å². The molecule has 2 aromatic heterocycles. The molecule has 0 atom stereocenters. The van der Waals surface area contributed by atoms with Crippen molar-refractivity contribution in [3.8, 4) is 11.1 Å². The summed E-state index contributed by atoms with van der Waals surface area (Å²) in [6.07, 6.45) is 5.47. The van der Waals surface area contributed by atoms with Gasteiger partial charge in [0.05, 0.1) is 11.7 Å². The van der Waals surface area contributed by atoms with Crippen LogP contribution in [0, 0.1) is 6.92 Å². The number of nitrogens with zero attached hydrogens (tertiary/aromatic N) is 2. The molecule has 1 fully saturated rings. The van der Waals surface area contributed by atoms with Crippen LogP contribution in [-0.4, -0.2) is 21.6 Å². The summed E-state index contributed by atoms with van der Waals surface area (Å²) in [5, 5.41) is 2.51. The number of aromatic nitrogens is 2. The molecule has 5 nitrogen and oxygen atoms in total.